The second-order valence-corrected chi connectivity index (χ2v) is 10.7. The van der Waals surface area contributed by atoms with Gasteiger partial charge in [-0.05, 0) is 53.3 Å². The van der Waals surface area contributed by atoms with Gasteiger partial charge in [0.1, 0.15) is 5.82 Å². The normalized spacial score (nSPS) is 18.1. The van der Waals surface area contributed by atoms with Crippen LogP contribution in [0.1, 0.15) is 22.0 Å². The van der Waals surface area contributed by atoms with Crippen LogP contribution in [0.25, 0.3) is 0 Å². The summed E-state index contributed by atoms with van der Waals surface area (Å²) in [7, 11) is 0. The predicted molar refractivity (Wildman–Crippen MR) is 141 cm³/mol. The lowest BCUT2D eigenvalue weighted by Crippen LogP contribution is -2.54. The van der Waals surface area contributed by atoms with Gasteiger partial charge in [0.05, 0.1) is 28.3 Å². The molecule has 2 aliphatic heterocycles. The Morgan fingerprint density at radius 2 is 1.75 bits per heavy atom. The Labute approximate surface area is 223 Å². The van der Waals surface area contributed by atoms with Gasteiger partial charge in [0.2, 0.25) is 5.91 Å². The number of hydrogen-bond donors (Lipinski definition) is 1. The summed E-state index contributed by atoms with van der Waals surface area (Å²) in [6.07, 6.45) is 0.867. The van der Waals surface area contributed by atoms with Crippen LogP contribution < -0.4 is 5.32 Å². The van der Waals surface area contributed by atoms with Gasteiger partial charge in [-0.15, -0.1) is 11.3 Å². The molecule has 10 heteroatoms. The number of rotatable bonds is 4. The van der Waals surface area contributed by atoms with Crippen LogP contribution in [0, 0.1) is 5.82 Å². The summed E-state index contributed by atoms with van der Waals surface area (Å²) >= 11 is 13.9. The number of benzene rings is 2. The lowest BCUT2D eigenvalue weighted by atomic mass is 9.93. The minimum Gasteiger partial charge on any atom is -0.338 e. The number of fused-ring (bicyclic) bond motifs is 1. The van der Waals surface area contributed by atoms with Gasteiger partial charge in [0.15, 0.2) is 0 Å². The zero-order chi connectivity index (χ0) is 25.2. The Hall–Kier alpha value is -2.65. The summed E-state index contributed by atoms with van der Waals surface area (Å²) in [5.74, 6) is -0.275. The number of halogens is 3. The van der Waals surface area contributed by atoms with Crippen molar-refractivity contribution >= 4 is 52.2 Å². The molecular formula is C26H25Cl2FN4O2S. The van der Waals surface area contributed by atoms with Crippen molar-refractivity contribution in [2.24, 2.45) is 0 Å². The first-order valence-corrected chi connectivity index (χ1v) is 13.4. The Morgan fingerprint density at radius 3 is 2.53 bits per heavy atom. The number of amides is 3. The molecule has 1 saturated heterocycles. The summed E-state index contributed by atoms with van der Waals surface area (Å²) in [6, 6.07) is 13.3. The van der Waals surface area contributed by atoms with Crippen LogP contribution in [0.15, 0.2) is 53.9 Å². The fourth-order valence-electron chi connectivity index (χ4n) is 4.83. The van der Waals surface area contributed by atoms with Crippen molar-refractivity contribution in [1.29, 1.82) is 0 Å². The molecule has 0 saturated carbocycles. The van der Waals surface area contributed by atoms with Gasteiger partial charge in [-0.3, -0.25) is 9.69 Å². The summed E-state index contributed by atoms with van der Waals surface area (Å²) in [6.45, 7) is 2.68. The van der Waals surface area contributed by atoms with E-state index in [1.165, 1.54) is 10.9 Å². The van der Waals surface area contributed by atoms with E-state index in [2.05, 4.69) is 21.7 Å². The monoisotopic (exact) mass is 546 g/mol. The van der Waals surface area contributed by atoms with E-state index in [-0.39, 0.29) is 30.3 Å². The maximum Gasteiger partial charge on any atom is 0.322 e. The molecule has 1 N–H and O–H groups in total. The van der Waals surface area contributed by atoms with Gasteiger partial charge < -0.3 is 15.1 Å². The maximum absolute atomic E-state index is 14.0. The average Bonchev–Trinajstić information content (AvgIpc) is 3.35. The van der Waals surface area contributed by atoms with E-state index in [1.54, 1.807) is 51.5 Å². The SMILES string of the molecule is O=C(CN1CCc2sccc2C1c1cccc(F)c1)N1CCN(C(=O)Nc2cccc(Cl)c2Cl)CC1. The highest BCUT2D eigenvalue weighted by molar-refractivity contribution is 7.10. The van der Waals surface area contributed by atoms with Crippen molar-refractivity contribution in [2.75, 3.05) is 44.6 Å². The van der Waals surface area contributed by atoms with Crippen molar-refractivity contribution in [2.45, 2.75) is 12.5 Å². The summed E-state index contributed by atoms with van der Waals surface area (Å²) < 4.78 is 14.0. The molecular weight excluding hydrogens is 522 g/mol. The molecule has 6 nitrogen and oxygen atoms in total. The maximum atomic E-state index is 14.0. The van der Waals surface area contributed by atoms with Crippen molar-refractivity contribution in [1.82, 2.24) is 14.7 Å². The number of nitrogens with one attached hydrogen (secondary N) is 1. The van der Waals surface area contributed by atoms with Gasteiger partial charge in [0.25, 0.3) is 0 Å². The molecule has 188 valence electrons. The highest BCUT2D eigenvalue weighted by Crippen LogP contribution is 2.38. The highest BCUT2D eigenvalue weighted by Gasteiger charge is 2.33. The lowest BCUT2D eigenvalue weighted by Gasteiger charge is -2.39. The fraction of sp³-hybridized carbons (Fsp3) is 0.308. The predicted octanol–water partition coefficient (Wildman–Crippen LogP) is 5.52. The van der Waals surface area contributed by atoms with E-state index in [4.69, 9.17) is 23.2 Å². The van der Waals surface area contributed by atoms with Crippen LogP contribution in [0.5, 0.6) is 0 Å². The third-order valence-electron chi connectivity index (χ3n) is 6.68. The Morgan fingerprint density at radius 1 is 1.00 bits per heavy atom. The molecule has 0 spiro atoms. The smallest absolute Gasteiger partial charge is 0.322 e. The van der Waals surface area contributed by atoms with Gasteiger partial charge in [-0.25, -0.2) is 9.18 Å². The van der Waals surface area contributed by atoms with E-state index in [0.717, 1.165) is 24.1 Å². The van der Waals surface area contributed by atoms with Crippen LogP contribution in [0.3, 0.4) is 0 Å². The Kier molecular flexibility index (Phi) is 7.48. The van der Waals surface area contributed by atoms with Gasteiger partial charge >= 0.3 is 6.03 Å². The molecule has 2 aliphatic rings. The molecule has 0 bridgehead atoms. The first-order chi connectivity index (χ1) is 17.4. The lowest BCUT2D eigenvalue weighted by molar-refractivity contribution is -0.134. The van der Waals surface area contributed by atoms with Crippen molar-refractivity contribution in [3.8, 4) is 0 Å². The number of carbonyl (C=O) groups is 2. The zero-order valence-electron chi connectivity index (χ0n) is 19.4. The summed E-state index contributed by atoms with van der Waals surface area (Å²) in [5.41, 5.74) is 2.45. The molecule has 5 rings (SSSR count). The molecule has 3 heterocycles. The quantitative estimate of drug-likeness (QED) is 0.468. The third-order valence-corrected chi connectivity index (χ3v) is 8.50. The van der Waals surface area contributed by atoms with Gasteiger partial charge in [-0.1, -0.05) is 41.4 Å². The van der Waals surface area contributed by atoms with Crippen molar-refractivity contribution in [3.63, 3.8) is 0 Å². The minimum absolute atomic E-state index is 0.00743. The number of thiophene rings is 1. The molecule has 36 heavy (non-hydrogen) atoms. The zero-order valence-corrected chi connectivity index (χ0v) is 21.8. The highest BCUT2D eigenvalue weighted by atomic mass is 35.5. The second-order valence-electron chi connectivity index (χ2n) is 8.88. The number of anilines is 1. The minimum atomic E-state index is -0.283. The molecule has 1 aromatic heterocycles. The van der Waals surface area contributed by atoms with Crippen LogP contribution >= 0.6 is 34.5 Å². The van der Waals surface area contributed by atoms with Crippen molar-refractivity contribution < 1.29 is 14.0 Å². The fourth-order valence-corrected chi connectivity index (χ4v) is 6.08. The van der Waals surface area contributed by atoms with Crippen molar-refractivity contribution in [3.05, 3.63) is 85.8 Å². The molecule has 1 unspecified atom stereocenters. The largest absolute Gasteiger partial charge is 0.338 e. The Bertz CT molecular complexity index is 1280. The summed E-state index contributed by atoms with van der Waals surface area (Å²) in [4.78, 5) is 32.9. The van der Waals surface area contributed by atoms with E-state index in [0.29, 0.717) is 41.9 Å². The second kappa shape index (κ2) is 10.8. The molecule has 0 radical (unpaired) electrons. The molecule has 3 aromatic rings. The standard InChI is InChI=1S/C26H25Cl2FN4O2S/c27-20-5-2-6-21(24(20)28)30-26(35)32-12-10-31(11-13-32)23(34)16-33-9-7-22-19(8-14-36-22)25(33)17-3-1-4-18(29)15-17/h1-6,8,14-15,25H,7,9-13,16H2,(H,30,35). The topological polar surface area (TPSA) is 55.9 Å². The third kappa shape index (κ3) is 5.22. The van der Waals surface area contributed by atoms with Crippen LogP contribution in [0.2, 0.25) is 10.0 Å². The molecule has 1 atom stereocenters. The number of carbonyl (C=O) groups excluding carboxylic acids is 2. The van der Waals surface area contributed by atoms with Crippen LogP contribution in [-0.2, 0) is 11.2 Å². The van der Waals surface area contributed by atoms with E-state index < -0.39 is 0 Å². The van der Waals surface area contributed by atoms with E-state index in [1.807, 2.05) is 6.07 Å². The number of nitrogens with zero attached hydrogens (tertiary/aromatic N) is 3. The molecule has 0 aliphatic carbocycles. The Balaban J connectivity index is 1.22. The van der Waals surface area contributed by atoms with Crippen LogP contribution in [0.4, 0.5) is 14.9 Å². The number of hydrogen-bond acceptors (Lipinski definition) is 4. The van der Waals surface area contributed by atoms with E-state index in [9.17, 15) is 14.0 Å². The van der Waals surface area contributed by atoms with Crippen LogP contribution in [-0.4, -0.2) is 65.9 Å². The van der Waals surface area contributed by atoms with Gasteiger partial charge in [0, 0.05) is 37.6 Å². The molecule has 3 amide bonds. The molecule has 2 aromatic carbocycles. The number of urea groups is 1. The molecule has 1 fully saturated rings. The summed E-state index contributed by atoms with van der Waals surface area (Å²) in [5, 5.41) is 5.52. The van der Waals surface area contributed by atoms with Gasteiger partial charge in [-0.2, -0.15) is 0 Å². The average molecular weight is 547 g/mol. The first-order valence-electron chi connectivity index (χ1n) is 11.7. The number of piperazine rings is 1. The first kappa shape index (κ1) is 25.0. The van der Waals surface area contributed by atoms with E-state index >= 15 is 0 Å².